The largest absolute Gasteiger partial charge is 0.469 e. The van der Waals surface area contributed by atoms with Crippen molar-refractivity contribution in [2.75, 3.05) is 25.1 Å². The number of anilines is 2. The van der Waals surface area contributed by atoms with Crippen molar-refractivity contribution in [3.05, 3.63) is 54.1 Å². The van der Waals surface area contributed by atoms with E-state index in [9.17, 15) is 19.1 Å². The number of benzene rings is 1. The van der Waals surface area contributed by atoms with E-state index in [-0.39, 0.29) is 23.8 Å². The second kappa shape index (κ2) is 7.85. The smallest absolute Gasteiger partial charge is 0.311 e. The van der Waals surface area contributed by atoms with Crippen LogP contribution in [0.5, 0.6) is 0 Å². The number of aromatic nitrogens is 1. The van der Waals surface area contributed by atoms with Gasteiger partial charge in [0.05, 0.1) is 42.1 Å². The van der Waals surface area contributed by atoms with Gasteiger partial charge in [0.1, 0.15) is 0 Å². The number of rotatable bonds is 2. The summed E-state index contributed by atoms with van der Waals surface area (Å²) in [5.74, 6) is -1.28. The number of para-hydroxylation sites is 1. The Balaban J connectivity index is 1.42. The summed E-state index contributed by atoms with van der Waals surface area (Å²) < 4.78 is 18.6. The molecule has 2 aromatic rings. The third kappa shape index (κ3) is 2.91. The Morgan fingerprint density at radius 2 is 2.06 bits per heavy atom. The number of fused-ring (bicyclic) bond motifs is 5. The predicted octanol–water partition coefficient (Wildman–Crippen LogP) is 2.79. The van der Waals surface area contributed by atoms with Gasteiger partial charge in [0, 0.05) is 12.6 Å². The summed E-state index contributed by atoms with van der Waals surface area (Å²) in [6, 6.07) is 10.6. The molecule has 178 valence electrons. The Hall–Kier alpha value is -2.84. The number of carbonyl (C=O) groups is 2. The molecule has 8 heteroatoms. The highest BCUT2D eigenvalue weighted by Crippen LogP contribution is 2.57. The van der Waals surface area contributed by atoms with Crippen LogP contribution in [-0.4, -0.2) is 59.2 Å². The van der Waals surface area contributed by atoms with Gasteiger partial charge < -0.3 is 9.84 Å². The summed E-state index contributed by atoms with van der Waals surface area (Å²) in [4.78, 5) is 34.8. The molecule has 6 rings (SSSR count). The SMILES string of the molecule is COC(=O)[C@@H]1[C@H]2C[C@@H]3N(CC[C@@]34C(=O)N(c3ccc(F)nc3)c3ccccc34)C[C@@H]2CC[C@@H]1O. The fraction of sp³-hybridized carbons (Fsp3) is 0.500. The molecule has 3 fully saturated rings. The number of amides is 1. The quantitative estimate of drug-likeness (QED) is 0.543. The maximum absolute atomic E-state index is 14.3. The second-order valence-electron chi connectivity index (χ2n) is 10.1. The molecule has 4 heterocycles. The lowest BCUT2D eigenvalue weighted by atomic mass is 9.62. The molecule has 0 bridgehead atoms. The van der Waals surface area contributed by atoms with Gasteiger partial charge >= 0.3 is 5.97 Å². The molecule has 6 atom stereocenters. The van der Waals surface area contributed by atoms with Gasteiger partial charge in [-0.25, -0.2) is 4.98 Å². The molecule has 0 radical (unpaired) electrons. The van der Waals surface area contributed by atoms with E-state index >= 15 is 0 Å². The minimum Gasteiger partial charge on any atom is -0.469 e. The zero-order valence-electron chi connectivity index (χ0n) is 19.1. The van der Waals surface area contributed by atoms with Gasteiger partial charge in [0.15, 0.2) is 0 Å². The zero-order valence-corrected chi connectivity index (χ0v) is 19.1. The van der Waals surface area contributed by atoms with Crippen molar-refractivity contribution in [1.29, 1.82) is 0 Å². The summed E-state index contributed by atoms with van der Waals surface area (Å²) in [5, 5.41) is 10.7. The van der Waals surface area contributed by atoms with Crippen LogP contribution in [0.15, 0.2) is 42.6 Å². The Kier molecular flexibility index (Phi) is 5.00. The van der Waals surface area contributed by atoms with Crippen molar-refractivity contribution in [2.45, 2.75) is 43.2 Å². The lowest BCUT2D eigenvalue weighted by Crippen LogP contribution is -2.58. The van der Waals surface area contributed by atoms with E-state index in [1.165, 1.54) is 19.4 Å². The van der Waals surface area contributed by atoms with Gasteiger partial charge in [-0.2, -0.15) is 4.39 Å². The van der Waals surface area contributed by atoms with Crippen molar-refractivity contribution >= 4 is 23.3 Å². The lowest BCUT2D eigenvalue weighted by molar-refractivity contribution is -0.159. The molecule has 7 nitrogen and oxygen atoms in total. The van der Waals surface area contributed by atoms with Gasteiger partial charge in [0.2, 0.25) is 11.9 Å². The summed E-state index contributed by atoms with van der Waals surface area (Å²) in [5.41, 5.74) is 1.57. The van der Waals surface area contributed by atoms with Crippen LogP contribution in [0, 0.1) is 23.7 Å². The van der Waals surface area contributed by atoms with Gasteiger partial charge in [-0.1, -0.05) is 18.2 Å². The molecular formula is C26H28FN3O4. The van der Waals surface area contributed by atoms with Crippen LogP contribution in [0.4, 0.5) is 15.8 Å². The van der Waals surface area contributed by atoms with Crippen molar-refractivity contribution in [3.63, 3.8) is 0 Å². The van der Waals surface area contributed by atoms with Crippen LogP contribution >= 0.6 is 0 Å². The van der Waals surface area contributed by atoms with Crippen LogP contribution in [0.3, 0.4) is 0 Å². The highest BCUT2D eigenvalue weighted by Gasteiger charge is 2.63. The minimum absolute atomic E-state index is 0.0287. The zero-order chi connectivity index (χ0) is 23.6. The Bertz CT molecular complexity index is 1140. The van der Waals surface area contributed by atoms with Gasteiger partial charge in [0.25, 0.3) is 0 Å². The number of esters is 1. The Morgan fingerprint density at radius 1 is 1.24 bits per heavy atom. The molecule has 1 saturated carbocycles. The van der Waals surface area contributed by atoms with E-state index in [1.54, 1.807) is 11.0 Å². The molecule has 1 aromatic carbocycles. The topological polar surface area (TPSA) is 83.0 Å². The molecule has 1 amide bonds. The second-order valence-corrected chi connectivity index (χ2v) is 10.1. The number of hydrogen-bond donors (Lipinski definition) is 1. The summed E-state index contributed by atoms with van der Waals surface area (Å²) in [6.45, 7) is 1.61. The van der Waals surface area contributed by atoms with Crippen LogP contribution in [0.25, 0.3) is 0 Å². The fourth-order valence-corrected chi connectivity index (χ4v) is 7.26. The number of carbonyl (C=O) groups excluding carboxylic acids is 2. The number of aliphatic hydroxyl groups is 1. The number of aliphatic hydroxyl groups excluding tert-OH is 1. The number of methoxy groups -OCH3 is 1. The van der Waals surface area contributed by atoms with Gasteiger partial charge in [-0.15, -0.1) is 0 Å². The van der Waals surface area contributed by atoms with E-state index in [0.717, 1.165) is 30.8 Å². The first kappa shape index (κ1) is 21.7. The van der Waals surface area contributed by atoms with E-state index in [2.05, 4.69) is 9.88 Å². The average Bonchev–Trinajstić information content (AvgIpc) is 3.34. The monoisotopic (exact) mass is 465 g/mol. The van der Waals surface area contributed by atoms with Crippen LogP contribution in [0.2, 0.25) is 0 Å². The highest BCUT2D eigenvalue weighted by molar-refractivity contribution is 6.13. The van der Waals surface area contributed by atoms with E-state index in [1.807, 2.05) is 24.3 Å². The van der Waals surface area contributed by atoms with E-state index in [0.29, 0.717) is 30.9 Å². The molecule has 1 aliphatic carbocycles. The van der Waals surface area contributed by atoms with Crippen molar-refractivity contribution < 1.29 is 23.8 Å². The minimum atomic E-state index is -0.751. The van der Waals surface area contributed by atoms with Crippen molar-refractivity contribution in [3.8, 4) is 0 Å². The number of pyridine rings is 1. The lowest BCUT2D eigenvalue weighted by Gasteiger charge is -2.50. The Labute approximate surface area is 197 Å². The van der Waals surface area contributed by atoms with Crippen LogP contribution in [-0.2, 0) is 19.7 Å². The number of halogens is 1. The molecular weight excluding hydrogens is 437 g/mol. The summed E-state index contributed by atoms with van der Waals surface area (Å²) >= 11 is 0. The summed E-state index contributed by atoms with van der Waals surface area (Å²) in [7, 11) is 1.37. The third-order valence-corrected chi connectivity index (χ3v) is 8.74. The molecule has 34 heavy (non-hydrogen) atoms. The number of hydrogen-bond acceptors (Lipinski definition) is 6. The average molecular weight is 466 g/mol. The first-order valence-electron chi connectivity index (χ1n) is 12.0. The first-order valence-corrected chi connectivity index (χ1v) is 12.0. The standard InChI is InChI=1S/C26H28FN3O4/c1-34-24(32)23-17-12-21-26(10-11-29(21)14-15(17)6-8-20(23)31)18-4-2-3-5-19(18)30(25(26)33)16-7-9-22(27)28-13-16/h2-5,7,9,13,15,17,20-21,23,31H,6,8,10-12,14H2,1H3/t15-,17-,20-,21-,23+,26-/m0/s1. The highest BCUT2D eigenvalue weighted by atomic mass is 19.1. The Morgan fingerprint density at radius 3 is 2.82 bits per heavy atom. The van der Waals surface area contributed by atoms with Crippen molar-refractivity contribution in [1.82, 2.24) is 9.88 Å². The molecule has 1 aromatic heterocycles. The predicted molar refractivity (Wildman–Crippen MR) is 122 cm³/mol. The van der Waals surface area contributed by atoms with Gasteiger partial charge in [-0.05, 0) is 67.8 Å². The van der Waals surface area contributed by atoms with Crippen molar-refractivity contribution in [2.24, 2.45) is 17.8 Å². The molecule has 1 N–H and O–H groups in total. The van der Waals surface area contributed by atoms with Gasteiger partial charge in [-0.3, -0.25) is 19.4 Å². The number of nitrogens with zero attached hydrogens (tertiary/aromatic N) is 3. The summed E-state index contributed by atoms with van der Waals surface area (Å²) in [6.07, 6.45) is 3.48. The van der Waals surface area contributed by atoms with Crippen LogP contribution in [0.1, 0.15) is 31.2 Å². The normalized spacial score (nSPS) is 34.6. The van der Waals surface area contributed by atoms with E-state index < -0.39 is 23.4 Å². The molecule has 3 aliphatic heterocycles. The molecule has 0 unspecified atom stereocenters. The molecule has 4 aliphatic rings. The van der Waals surface area contributed by atoms with E-state index in [4.69, 9.17) is 4.74 Å². The molecule has 1 spiro atoms. The maximum atomic E-state index is 14.3. The molecule has 2 saturated heterocycles. The number of ether oxygens (including phenoxy) is 1. The fourth-order valence-electron chi connectivity index (χ4n) is 7.26. The number of piperidine rings is 1. The maximum Gasteiger partial charge on any atom is 0.311 e. The third-order valence-electron chi connectivity index (χ3n) is 8.74. The van der Waals surface area contributed by atoms with Crippen LogP contribution < -0.4 is 4.90 Å². The first-order chi connectivity index (χ1) is 16.5.